The molecular formula is C44H23N3OS2. The molecular weight excluding hydrogens is 651 g/mol. The summed E-state index contributed by atoms with van der Waals surface area (Å²) in [7, 11) is 0. The highest BCUT2D eigenvalue weighted by molar-refractivity contribution is 7.27. The van der Waals surface area contributed by atoms with Gasteiger partial charge in [0.15, 0.2) is 0 Å². The van der Waals surface area contributed by atoms with E-state index in [0.29, 0.717) is 5.95 Å². The molecule has 5 heterocycles. The first-order chi connectivity index (χ1) is 24.8. The van der Waals surface area contributed by atoms with E-state index in [0.717, 1.165) is 59.8 Å². The molecule has 0 radical (unpaired) electrons. The molecule has 0 bridgehead atoms. The molecule has 0 aliphatic rings. The Balaban J connectivity index is 1.27. The zero-order chi connectivity index (χ0) is 32.5. The summed E-state index contributed by atoms with van der Waals surface area (Å²) in [4.78, 5) is 11.0. The Morgan fingerprint density at radius 1 is 0.480 bits per heavy atom. The second-order valence-corrected chi connectivity index (χ2v) is 15.0. The quantitative estimate of drug-likeness (QED) is 0.183. The van der Waals surface area contributed by atoms with Gasteiger partial charge in [-0.25, -0.2) is 9.97 Å². The number of fused-ring (bicyclic) bond motifs is 16. The summed E-state index contributed by atoms with van der Waals surface area (Å²) in [6, 6.07) is 49.6. The maximum atomic E-state index is 6.23. The summed E-state index contributed by atoms with van der Waals surface area (Å²) in [5.74, 6) is 0.674. The second kappa shape index (κ2) is 9.76. The molecule has 232 valence electrons. The van der Waals surface area contributed by atoms with Gasteiger partial charge >= 0.3 is 0 Å². The molecule has 50 heavy (non-hydrogen) atoms. The molecule has 0 aliphatic carbocycles. The van der Waals surface area contributed by atoms with E-state index in [-0.39, 0.29) is 0 Å². The highest BCUT2D eigenvalue weighted by Crippen LogP contribution is 2.48. The Kier molecular flexibility index (Phi) is 5.23. The van der Waals surface area contributed by atoms with Crippen LogP contribution >= 0.6 is 22.7 Å². The molecule has 0 aliphatic heterocycles. The predicted octanol–water partition coefficient (Wildman–Crippen LogP) is 13.0. The first-order valence-corrected chi connectivity index (χ1v) is 18.3. The van der Waals surface area contributed by atoms with Gasteiger partial charge in [0.25, 0.3) is 0 Å². The van der Waals surface area contributed by atoms with Crippen molar-refractivity contribution in [3.8, 4) is 17.2 Å². The van der Waals surface area contributed by atoms with E-state index < -0.39 is 0 Å². The minimum Gasteiger partial charge on any atom is -0.456 e. The van der Waals surface area contributed by atoms with E-state index in [1.807, 2.05) is 23.5 Å². The van der Waals surface area contributed by atoms with Crippen molar-refractivity contribution in [3.05, 3.63) is 140 Å². The molecule has 12 aromatic rings. The number of rotatable bonds is 2. The van der Waals surface area contributed by atoms with Gasteiger partial charge in [0.1, 0.15) is 11.2 Å². The van der Waals surface area contributed by atoms with Crippen LogP contribution in [0.15, 0.2) is 144 Å². The van der Waals surface area contributed by atoms with Gasteiger partial charge in [0.05, 0.1) is 31.6 Å². The Morgan fingerprint density at radius 3 is 1.94 bits per heavy atom. The fraction of sp³-hybridized carbons (Fsp3) is 0. The Hall–Kier alpha value is -6.08. The van der Waals surface area contributed by atoms with E-state index in [1.165, 1.54) is 46.4 Å². The third-order valence-corrected chi connectivity index (χ3v) is 12.6. The Labute approximate surface area is 292 Å². The maximum absolute atomic E-state index is 6.23. The van der Waals surface area contributed by atoms with Crippen LogP contribution in [0.1, 0.15) is 0 Å². The number of hydrogen-bond donors (Lipinski definition) is 0. The minimum absolute atomic E-state index is 0.674. The fourth-order valence-electron chi connectivity index (χ4n) is 8.08. The lowest BCUT2D eigenvalue weighted by Gasteiger charge is -2.11. The van der Waals surface area contributed by atoms with Crippen molar-refractivity contribution in [2.45, 2.75) is 0 Å². The van der Waals surface area contributed by atoms with Crippen molar-refractivity contribution in [1.82, 2.24) is 14.5 Å². The molecule has 5 aromatic heterocycles. The normalized spacial score (nSPS) is 12.4. The summed E-state index contributed by atoms with van der Waals surface area (Å²) >= 11 is 3.62. The van der Waals surface area contributed by atoms with Gasteiger partial charge in [-0.2, -0.15) is 0 Å². The number of furan rings is 1. The van der Waals surface area contributed by atoms with Crippen LogP contribution in [0.3, 0.4) is 0 Å². The summed E-state index contributed by atoms with van der Waals surface area (Å²) in [6.07, 6.45) is 0. The molecule has 0 fully saturated rings. The van der Waals surface area contributed by atoms with Gasteiger partial charge in [0, 0.05) is 52.7 Å². The molecule has 6 heteroatoms. The monoisotopic (exact) mass is 673 g/mol. The number of benzene rings is 7. The van der Waals surface area contributed by atoms with E-state index >= 15 is 0 Å². The molecule has 0 N–H and O–H groups in total. The molecule has 12 rings (SSSR count). The van der Waals surface area contributed by atoms with Crippen molar-refractivity contribution in [1.29, 1.82) is 0 Å². The van der Waals surface area contributed by atoms with Gasteiger partial charge in [-0.3, -0.25) is 4.57 Å². The molecule has 0 amide bonds. The fourth-order valence-corrected chi connectivity index (χ4v) is 10.5. The van der Waals surface area contributed by atoms with Crippen LogP contribution in [0, 0.1) is 0 Å². The van der Waals surface area contributed by atoms with Crippen molar-refractivity contribution in [2.75, 3.05) is 0 Å². The summed E-state index contributed by atoms with van der Waals surface area (Å²) in [5.41, 5.74) is 6.96. The first kappa shape index (κ1) is 26.8. The number of thiophene rings is 2. The van der Waals surface area contributed by atoms with Crippen LogP contribution in [0.5, 0.6) is 0 Å². The number of aromatic nitrogens is 3. The number of nitrogens with zero attached hydrogens (tertiary/aromatic N) is 3. The van der Waals surface area contributed by atoms with Crippen LogP contribution in [0.4, 0.5) is 0 Å². The van der Waals surface area contributed by atoms with Crippen LogP contribution in [-0.2, 0) is 0 Å². The van der Waals surface area contributed by atoms with E-state index in [4.69, 9.17) is 14.4 Å². The first-order valence-electron chi connectivity index (χ1n) is 16.7. The summed E-state index contributed by atoms with van der Waals surface area (Å²) in [5, 5.41) is 10.9. The lowest BCUT2D eigenvalue weighted by molar-refractivity contribution is 0.669. The standard InChI is InChI=1S/C44H23N3OS2/c1-2-13-27-26(12-1)37-28-14-3-7-17-32(28)47(41(37)42-38(27)29-15-5-9-19-35(29)49-42)44-45-39(43-40(46-44)30-16-6-10-20-36(30)50-43)24-21-22-34-31(23-24)25-11-4-8-18-33(25)48-34/h1-23H. The van der Waals surface area contributed by atoms with Crippen molar-refractivity contribution < 1.29 is 4.42 Å². The third-order valence-electron chi connectivity index (χ3n) is 10.2. The zero-order valence-corrected chi connectivity index (χ0v) is 28.0. The van der Waals surface area contributed by atoms with E-state index in [2.05, 4.69) is 132 Å². The average Bonchev–Trinajstić information content (AvgIpc) is 3.93. The van der Waals surface area contributed by atoms with Crippen LogP contribution in [-0.4, -0.2) is 14.5 Å². The Bertz CT molecular complexity index is 3400. The van der Waals surface area contributed by atoms with Gasteiger partial charge in [0.2, 0.25) is 5.95 Å². The third kappa shape index (κ3) is 3.49. The molecule has 0 atom stereocenters. The van der Waals surface area contributed by atoms with Gasteiger partial charge in [-0.05, 0) is 53.2 Å². The van der Waals surface area contributed by atoms with Crippen molar-refractivity contribution in [2.24, 2.45) is 0 Å². The topological polar surface area (TPSA) is 43.9 Å². The summed E-state index contributed by atoms with van der Waals surface area (Å²) < 4.78 is 13.4. The molecule has 7 aromatic carbocycles. The lowest BCUT2D eigenvalue weighted by atomic mass is 9.99. The molecule has 0 spiro atoms. The van der Waals surface area contributed by atoms with Crippen LogP contribution < -0.4 is 0 Å². The number of para-hydroxylation sites is 2. The van der Waals surface area contributed by atoms with E-state index in [1.54, 1.807) is 11.3 Å². The maximum Gasteiger partial charge on any atom is 0.235 e. The smallest absolute Gasteiger partial charge is 0.235 e. The highest BCUT2D eigenvalue weighted by atomic mass is 32.1. The van der Waals surface area contributed by atoms with Crippen LogP contribution in [0.25, 0.3) is 112 Å². The van der Waals surface area contributed by atoms with E-state index in [9.17, 15) is 0 Å². The molecule has 0 unspecified atom stereocenters. The second-order valence-electron chi connectivity index (χ2n) is 12.9. The van der Waals surface area contributed by atoms with Gasteiger partial charge < -0.3 is 4.42 Å². The lowest BCUT2D eigenvalue weighted by Crippen LogP contribution is -2.03. The van der Waals surface area contributed by atoms with Crippen molar-refractivity contribution >= 4 is 118 Å². The Morgan fingerprint density at radius 2 is 1.10 bits per heavy atom. The SMILES string of the molecule is c1ccc2c(c1)oc1ccc(-c3nc(-n4c5ccccc5c5c6ccccc6c6c7ccccc7sc6c54)nc4c3sc3ccccc34)cc12. The molecule has 0 saturated heterocycles. The summed E-state index contributed by atoms with van der Waals surface area (Å²) in [6.45, 7) is 0. The zero-order valence-electron chi connectivity index (χ0n) is 26.3. The van der Waals surface area contributed by atoms with Crippen LogP contribution in [0.2, 0.25) is 0 Å². The molecule has 4 nitrogen and oxygen atoms in total. The average molecular weight is 674 g/mol. The highest BCUT2D eigenvalue weighted by Gasteiger charge is 2.24. The minimum atomic E-state index is 0.674. The number of hydrogen-bond acceptors (Lipinski definition) is 5. The largest absolute Gasteiger partial charge is 0.456 e. The van der Waals surface area contributed by atoms with Gasteiger partial charge in [-0.1, -0.05) is 97.1 Å². The molecule has 0 saturated carbocycles. The van der Waals surface area contributed by atoms with Crippen molar-refractivity contribution in [3.63, 3.8) is 0 Å². The predicted molar refractivity (Wildman–Crippen MR) is 212 cm³/mol. The van der Waals surface area contributed by atoms with Gasteiger partial charge in [-0.15, -0.1) is 22.7 Å².